The van der Waals surface area contributed by atoms with Gasteiger partial charge in [0, 0.05) is 11.6 Å². The third kappa shape index (κ3) is 3.56. The maximum atomic E-state index is 6.29. The van der Waals surface area contributed by atoms with Gasteiger partial charge in [0.05, 0.1) is 0 Å². The highest BCUT2D eigenvalue weighted by Gasteiger charge is 2.19. The molecule has 1 heterocycles. The van der Waals surface area contributed by atoms with Crippen LogP contribution in [0.1, 0.15) is 37.2 Å². The lowest BCUT2D eigenvalue weighted by atomic mass is 9.90. The molecule has 0 amide bonds. The van der Waals surface area contributed by atoms with Gasteiger partial charge in [-0.2, -0.15) is 0 Å². The maximum Gasteiger partial charge on any atom is 0.131 e. The number of anilines is 1. The number of fused-ring (bicyclic) bond motifs is 1. The van der Waals surface area contributed by atoms with Crippen LogP contribution in [-0.2, 0) is 0 Å². The van der Waals surface area contributed by atoms with Crippen molar-refractivity contribution in [3.63, 3.8) is 0 Å². The lowest BCUT2D eigenvalue weighted by Gasteiger charge is -2.16. The molecule has 1 aromatic heterocycles. The number of hydrogen-bond acceptors (Lipinski definition) is 3. The predicted octanol–water partition coefficient (Wildman–Crippen LogP) is 6.93. The molecule has 0 atom stereocenters. The smallest absolute Gasteiger partial charge is 0.131 e. The van der Waals surface area contributed by atoms with Crippen LogP contribution in [0.25, 0.3) is 21.9 Å². The predicted molar refractivity (Wildman–Crippen MR) is 119 cm³/mol. The standard InChI is InChI=1S/C26H24N2O/c27-26-25-20(14-15-28-26)16-21(18-6-4-5-7-18)17-24(25)19-10-12-23(13-11-19)29-22-8-2-1-3-9-22/h1-3,8-18H,4-7H2,(H2,27,28). The van der Waals surface area contributed by atoms with Crippen molar-refractivity contribution >= 4 is 16.6 Å². The highest BCUT2D eigenvalue weighted by Crippen LogP contribution is 2.40. The second kappa shape index (κ2) is 7.59. The molecule has 1 aliphatic rings. The van der Waals surface area contributed by atoms with Crippen molar-refractivity contribution in [2.45, 2.75) is 31.6 Å². The summed E-state index contributed by atoms with van der Waals surface area (Å²) in [5.74, 6) is 2.89. The molecule has 0 unspecified atom stereocenters. The van der Waals surface area contributed by atoms with Gasteiger partial charge in [0.1, 0.15) is 17.3 Å². The SMILES string of the molecule is Nc1nccc2cc(C3CCCC3)cc(-c3ccc(Oc4ccccc4)cc3)c12. The highest BCUT2D eigenvalue weighted by atomic mass is 16.5. The summed E-state index contributed by atoms with van der Waals surface area (Å²) in [5.41, 5.74) is 10.00. The summed E-state index contributed by atoms with van der Waals surface area (Å²) in [6.07, 6.45) is 6.99. The van der Waals surface area contributed by atoms with Crippen LogP contribution in [0.3, 0.4) is 0 Å². The van der Waals surface area contributed by atoms with E-state index in [1.54, 1.807) is 6.20 Å². The van der Waals surface area contributed by atoms with Crippen molar-refractivity contribution < 1.29 is 4.74 Å². The molecular weight excluding hydrogens is 356 g/mol. The summed E-state index contributed by atoms with van der Waals surface area (Å²) in [6.45, 7) is 0. The summed E-state index contributed by atoms with van der Waals surface area (Å²) in [4.78, 5) is 4.35. The zero-order chi connectivity index (χ0) is 19.6. The molecular formula is C26H24N2O. The molecule has 3 heteroatoms. The van der Waals surface area contributed by atoms with Crippen molar-refractivity contribution in [2.75, 3.05) is 5.73 Å². The Morgan fingerprint density at radius 3 is 2.31 bits per heavy atom. The average Bonchev–Trinajstić information content (AvgIpc) is 3.30. The van der Waals surface area contributed by atoms with E-state index in [2.05, 4.69) is 35.3 Å². The minimum Gasteiger partial charge on any atom is -0.457 e. The topological polar surface area (TPSA) is 48.1 Å². The van der Waals surface area contributed by atoms with Crippen molar-refractivity contribution in [3.05, 3.63) is 84.6 Å². The third-order valence-corrected chi connectivity index (χ3v) is 5.89. The number of nitrogens with two attached hydrogens (primary N) is 1. The first-order valence-electron chi connectivity index (χ1n) is 10.3. The number of aromatic nitrogens is 1. The fourth-order valence-corrected chi connectivity index (χ4v) is 4.42. The first kappa shape index (κ1) is 17.7. The zero-order valence-corrected chi connectivity index (χ0v) is 16.3. The summed E-state index contributed by atoms with van der Waals surface area (Å²) in [7, 11) is 0. The minimum absolute atomic E-state index is 0.583. The molecule has 1 aliphatic carbocycles. The van der Waals surface area contributed by atoms with E-state index >= 15 is 0 Å². The van der Waals surface area contributed by atoms with Crippen LogP contribution in [0.4, 0.5) is 5.82 Å². The minimum atomic E-state index is 0.583. The number of nitrogen functional groups attached to an aromatic ring is 1. The Balaban J connectivity index is 1.56. The third-order valence-electron chi connectivity index (χ3n) is 5.89. The average molecular weight is 380 g/mol. The number of nitrogens with zero attached hydrogens (tertiary/aromatic N) is 1. The van der Waals surface area contributed by atoms with E-state index in [9.17, 15) is 0 Å². The largest absolute Gasteiger partial charge is 0.457 e. The highest BCUT2D eigenvalue weighted by molar-refractivity contribution is 6.03. The van der Waals surface area contributed by atoms with E-state index in [1.165, 1.54) is 36.6 Å². The Morgan fingerprint density at radius 1 is 0.828 bits per heavy atom. The monoisotopic (exact) mass is 380 g/mol. The van der Waals surface area contributed by atoms with E-state index in [-0.39, 0.29) is 0 Å². The van der Waals surface area contributed by atoms with Crippen LogP contribution in [0.5, 0.6) is 11.5 Å². The second-order valence-electron chi connectivity index (χ2n) is 7.78. The number of hydrogen-bond donors (Lipinski definition) is 1. The van der Waals surface area contributed by atoms with Crippen LogP contribution in [0.15, 0.2) is 79.0 Å². The number of rotatable bonds is 4. The molecule has 3 aromatic carbocycles. The van der Waals surface area contributed by atoms with Crippen LogP contribution in [-0.4, -0.2) is 4.98 Å². The quantitative estimate of drug-likeness (QED) is 0.417. The number of para-hydroxylation sites is 1. The molecule has 1 fully saturated rings. The van der Waals surface area contributed by atoms with Gasteiger partial charge < -0.3 is 10.5 Å². The Morgan fingerprint density at radius 2 is 1.55 bits per heavy atom. The zero-order valence-electron chi connectivity index (χ0n) is 16.3. The maximum absolute atomic E-state index is 6.29. The number of benzene rings is 3. The molecule has 0 bridgehead atoms. The Kier molecular flexibility index (Phi) is 4.65. The fourth-order valence-electron chi connectivity index (χ4n) is 4.42. The Bertz CT molecular complexity index is 1130. The van der Waals surface area contributed by atoms with Gasteiger partial charge in [-0.3, -0.25) is 0 Å². The van der Waals surface area contributed by atoms with Crippen LogP contribution in [0.2, 0.25) is 0 Å². The van der Waals surface area contributed by atoms with Gasteiger partial charge in [-0.05, 0) is 71.2 Å². The van der Waals surface area contributed by atoms with Crippen molar-refractivity contribution in [2.24, 2.45) is 0 Å². The first-order valence-corrected chi connectivity index (χ1v) is 10.3. The molecule has 29 heavy (non-hydrogen) atoms. The first-order chi connectivity index (χ1) is 14.3. The number of ether oxygens (including phenoxy) is 1. The normalized spacial score (nSPS) is 14.3. The molecule has 4 aromatic rings. The molecule has 3 nitrogen and oxygen atoms in total. The molecule has 144 valence electrons. The van der Waals surface area contributed by atoms with Gasteiger partial charge >= 0.3 is 0 Å². The summed E-state index contributed by atoms with van der Waals surface area (Å²) >= 11 is 0. The van der Waals surface area contributed by atoms with Crippen molar-refractivity contribution in [1.29, 1.82) is 0 Å². The van der Waals surface area contributed by atoms with Crippen LogP contribution >= 0.6 is 0 Å². The fraction of sp³-hybridized carbons (Fsp3) is 0.192. The molecule has 0 saturated heterocycles. The van der Waals surface area contributed by atoms with Crippen molar-refractivity contribution in [3.8, 4) is 22.6 Å². The number of pyridine rings is 1. The van der Waals surface area contributed by atoms with Gasteiger partial charge in [0.2, 0.25) is 0 Å². The molecule has 2 N–H and O–H groups in total. The van der Waals surface area contributed by atoms with E-state index in [0.29, 0.717) is 11.7 Å². The lowest BCUT2D eigenvalue weighted by molar-refractivity contribution is 0.483. The summed E-state index contributed by atoms with van der Waals surface area (Å²) < 4.78 is 5.95. The van der Waals surface area contributed by atoms with E-state index in [4.69, 9.17) is 10.5 Å². The lowest BCUT2D eigenvalue weighted by Crippen LogP contribution is -1.98. The summed E-state index contributed by atoms with van der Waals surface area (Å²) in [6, 6.07) is 24.8. The van der Waals surface area contributed by atoms with Gasteiger partial charge in [0.25, 0.3) is 0 Å². The summed E-state index contributed by atoms with van der Waals surface area (Å²) in [5, 5.41) is 2.20. The van der Waals surface area contributed by atoms with Crippen LogP contribution in [0, 0.1) is 0 Å². The Hall–Kier alpha value is -3.33. The molecule has 0 radical (unpaired) electrons. The molecule has 1 saturated carbocycles. The van der Waals surface area contributed by atoms with E-state index in [1.807, 2.05) is 42.5 Å². The van der Waals surface area contributed by atoms with Gasteiger partial charge in [0.15, 0.2) is 0 Å². The Labute approximate surface area is 171 Å². The van der Waals surface area contributed by atoms with E-state index in [0.717, 1.165) is 28.0 Å². The van der Waals surface area contributed by atoms with Gasteiger partial charge in [-0.25, -0.2) is 4.98 Å². The second-order valence-corrected chi connectivity index (χ2v) is 7.78. The van der Waals surface area contributed by atoms with Crippen LogP contribution < -0.4 is 10.5 Å². The molecule has 0 aliphatic heterocycles. The molecule has 0 spiro atoms. The van der Waals surface area contributed by atoms with Gasteiger partial charge in [-0.1, -0.05) is 55.3 Å². The van der Waals surface area contributed by atoms with Crippen molar-refractivity contribution in [1.82, 2.24) is 4.98 Å². The van der Waals surface area contributed by atoms with E-state index < -0.39 is 0 Å². The molecule has 5 rings (SSSR count). The van der Waals surface area contributed by atoms with Gasteiger partial charge in [-0.15, -0.1) is 0 Å².